The van der Waals surface area contributed by atoms with E-state index in [1.54, 1.807) is 78.9 Å². The number of para-hydroxylation sites is 1. The van der Waals surface area contributed by atoms with Gasteiger partial charge < -0.3 is 20.3 Å². The van der Waals surface area contributed by atoms with Crippen LogP contribution in [0.15, 0.2) is 83.9 Å². The van der Waals surface area contributed by atoms with E-state index in [0.717, 1.165) is 4.90 Å². The Hall–Kier alpha value is -4.85. The number of hydrogen-bond acceptors (Lipinski definition) is 9. The molecule has 0 aromatic heterocycles. The summed E-state index contributed by atoms with van der Waals surface area (Å²) in [7, 11) is -1.75. The molecule has 296 valence electrons. The van der Waals surface area contributed by atoms with Gasteiger partial charge in [0, 0.05) is 29.9 Å². The van der Waals surface area contributed by atoms with Gasteiger partial charge in [0.05, 0.1) is 29.0 Å². The molecule has 3 aromatic carbocycles. The Labute approximate surface area is 319 Å². The molecule has 0 bridgehead atoms. The van der Waals surface area contributed by atoms with Crippen molar-refractivity contribution in [1.29, 1.82) is 0 Å². The predicted molar refractivity (Wildman–Crippen MR) is 201 cm³/mol. The number of primary amides is 1. The molecule has 0 radical (unpaired) electrons. The van der Waals surface area contributed by atoms with Crippen LogP contribution in [0.5, 0.6) is 5.75 Å². The number of nitrogens with zero attached hydrogens (tertiary/aromatic N) is 2. The van der Waals surface area contributed by atoms with Gasteiger partial charge in [-0.15, -0.1) is 0 Å². The number of ether oxygens (including phenoxy) is 1. The van der Waals surface area contributed by atoms with Crippen LogP contribution in [0.2, 0.25) is 0 Å². The lowest BCUT2D eigenvalue weighted by molar-refractivity contribution is -0.145. The van der Waals surface area contributed by atoms with Crippen LogP contribution >= 0.6 is 8.60 Å². The van der Waals surface area contributed by atoms with Gasteiger partial charge in [-0.05, 0) is 71.7 Å². The van der Waals surface area contributed by atoms with Gasteiger partial charge in [0.25, 0.3) is 5.91 Å². The number of esters is 1. The predicted octanol–water partition coefficient (Wildman–Crippen LogP) is 7.13. The molecule has 55 heavy (non-hydrogen) atoms. The van der Waals surface area contributed by atoms with Crippen molar-refractivity contribution in [2.24, 2.45) is 16.6 Å². The summed E-state index contributed by atoms with van der Waals surface area (Å²) in [5.74, 6) is -4.55. The van der Waals surface area contributed by atoms with Crippen LogP contribution in [0.3, 0.4) is 0 Å². The number of carbonyl (C=O) groups excluding carboxylic acids is 4. The SMILES string of the molecule is CC(C)(C)OP(Oc1ccc(CC(=O)OCN2C(=O)[C@@H](NC(=O)[C@H](CCC(F)(F)F)CC(N)=O)N=C(c3ccccc3)c3ccccc32)cc1)OC(C)(C)C. The Morgan fingerprint density at radius 3 is 2.07 bits per heavy atom. The molecule has 1 aliphatic heterocycles. The summed E-state index contributed by atoms with van der Waals surface area (Å²) in [5.41, 5.74) is 6.41. The number of benzodiazepines with no additional fused rings is 1. The lowest BCUT2D eigenvalue weighted by Crippen LogP contribution is -2.50. The monoisotopic (exact) mass is 786 g/mol. The number of halogens is 3. The van der Waals surface area contributed by atoms with Crippen LogP contribution in [-0.4, -0.2) is 59.7 Å². The highest BCUT2D eigenvalue weighted by atomic mass is 31.2. The molecule has 3 N–H and O–H groups in total. The maximum absolute atomic E-state index is 14.2. The van der Waals surface area contributed by atoms with E-state index in [4.69, 9.17) is 24.0 Å². The molecule has 0 spiro atoms. The van der Waals surface area contributed by atoms with E-state index in [-0.39, 0.29) is 12.1 Å². The normalized spacial score (nSPS) is 15.5. The Morgan fingerprint density at radius 2 is 1.49 bits per heavy atom. The van der Waals surface area contributed by atoms with Crippen molar-refractivity contribution < 1.29 is 50.7 Å². The highest BCUT2D eigenvalue weighted by Gasteiger charge is 2.37. The fourth-order valence-electron chi connectivity index (χ4n) is 5.25. The molecule has 0 saturated heterocycles. The minimum absolute atomic E-state index is 0.171. The van der Waals surface area contributed by atoms with Crippen LogP contribution in [0.25, 0.3) is 0 Å². The maximum Gasteiger partial charge on any atom is 0.398 e. The lowest BCUT2D eigenvalue weighted by atomic mass is 9.97. The van der Waals surface area contributed by atoms with Gasteiger partial charge in [0.1, 0.15) is 5.75 Å². The van der Waals surface area contributed by atoms with E-state index in [1.165, 1.54) is 0 Å². The average molecular weight is 787 g/mol. The summed E-state index contributed by atoms with van der Waals surface area (Å²) in [6, 6.07) is 22.1. The van der Waals surface area contributed by atoms with Gasteiger partial charge in [0.2, 0.25) is 18.0 Å². The number of benzene rings is 3. The molecule has 1 heterocycles. The second-order valence-corrected chi connectivity index (χ2v) is 15.7. The minimum Gasteiger partial charge on any atom is -0.444 e. The quantitative estimate of drug-likeness (QED) is 0.122. The zero-order chi connectivity index (χ0) is 40.6. The first-order valence-corrected chi connectivity index (χ1v) is 18.6. The van der Waals surface area contributed by atoms with Crippen LogP contribution < -0.4 is 20.5 Å². The van der Waals surface area contributed by atoms with Crippen LogP contribution in [0.1, 0.15) is 77.5 Å². The molecule has 2 atom stereocenters. The van der Waals surface area contributed by atoms with E-state index in [0.29, 0.717) is 28.1 Å². The van der Waals surface area contributed by atoms with E-state index >= 15 is 0 Å². The third-order valence-electron chi connectivity index (χ3n) is 7.63. The smallest absolute Gasteiger partial charge is 0.398 e. The molecule has 3 aromatic rings. The Morgan fingerprint density at radius 1 is 0.891 bits per heavy atom. The largest absolute Gasteiger partial charge is 0.444 e. The molecular weight excluding hydrogens is 740 g/mol. The second-order valence-electron chi connectivity index (χ2n) is 14.7. The van der Waals surface area contributed by atoms with Gasteiger partial charge in [-0.3, -0.25) is 33.1 Å². The number of nitrogens with two attached hydrogens (primary N) is 1. The molecule has 0 saturated carbocycles. The number of nitrogens with one attached hydrogen (secondary N) is 1. The lowest BCUT2D eigenvalue weighted by Gasteiger charge is -2.30. The average Bonchev–Trinajstić information content (AvgIpc) is 3.18. The topological polar surface area (TPSA) is 159 Å². The first kappa shape index (κ1) is 42.9. The third kappa shape index (κ3) is 13.7. The summed E-state index contributed by atoms with van der Waals surface area (Å²) >= 11 is 0. The second kappa shape index (κ2) is 18.2. The number of fused-ring (bicyclic) bond motifs is 1. The molecule has 16 heteroatoms. The molecular formula is C39H46F3N4O8P. The number of amides is 3. The van der Waals surface area contributed by atoms with Gasteiger partial charge in [-0.25, -0.2) is 4.99 Å². The number of anilines is 1. The minimum atomic E-state index is -4.60. The molecule has 0 unspecified atom stereocenters. The fraction of sp³-hybridized carbons (Fsp3) is 0.410. The van der Waals surface area contributed by atoms with Crippen LogP contribution in [0.4, 0.5) is 18.9 Å². The number of aliphatic imine (C=N–C) groups is 1. The van der Waals surface area contributed by atoms with Gasteiger partial charge in [-0.2, -0.15) is 13.2 Å². The number of carbonyl (C=O) groups is 4. The van der Waals surface area contributed by atoms with Crippen LogP contribution in [0, 0.1) is 5.92 Å². The Kier molecular flexibility index (Phi) is 14.2. The van der Waals surface area contributed by atoms with Gasteiger partial charge in [-0.1, -0.05) is 60.7 Å². The zero-order valence-electron chi connectivity index (χ0n) is 31.5. The maximum atomic E-state index is 14.2. The Balaban J connectivity index is 1.55. The van der Waals surface area contributed by atoms with Crippen molar-refractivity contribution >= 4 is 43.7 Å². The summed E-state index contributed by atoms with van der Waals surface area (Å²) in [4.78, 5) is 58.1. The van der Waals surface area contributed by atoms with E-state index in [1.807, 2.05) is 41.5 Å². The van der Waals surface area contributed by atoms with Gasteiger partial charge >= 0.3 is 20.7 Å². The standard InChI is InChI=1S/C39H46F3N4O8P/c1-37(2,3)53-55(54-38(4,5)6)52-28-18-16-25(17-19-28)22-32(48)51-24-46-30-15-11-10-14-29(30)33(26-12-8-7-9-13-26)44-34(36(46)50)45-35(49)27(23-31(43)47)20-21-39(40,41)42/h7-19,27,34H,20-24H2,1-6H3,(H2,43,47)(H,45,49)/t27-,34-/m1/s1. The van der Waals surface area contributed by atoms with E-state index < -0.39 is 87.7 Å². The molecule has 0 aliphatic carbocycles. The summed E-state index contributed by atoms with van der Waals surface area (Å²) in [5, 5.41) is 2.42. The Bertz CT molecular complexity index is 1830. The van der Waals surface area contributed by atoms with Crippen molar-refractivity contribution in [3.05, 3.63) is 95.6 Å². The highest BCUT2D eigenvalue weighted by molar-refractivity contribution is 7.42. The summed E-state index contributed by atoms with van der Waals surface area (Å²) in [6.45, 7) is 10.7. The van der Waals surface area contributed by atoms with Crippen molar-refractivity contribution in [2.45, 2.75) is 90.8 Å². The first-order chi connectivity index (χ1) is 25.7. The van der Waals surface area contributed by atoms with E-state index in [9.17, 15) is 32.3 Å². The number of hydrogen-bond donors (Lipinski definition) is 2. The molecule has 1 aliphatic rings. The fourth-order valence-corrected chi connectivity index (χ4v) is 6.55. The van der Waals surface area contributed by atoms with Crippen molar-refractivity contribution in [3.63, 3.8) is 0 Å². The summed E-state index contributed by atoms with van der Waals surface area (Å²) in [6.07, 6.45) is -9.20. The van der Waals surface area contributed by atoms with Gasteiger partial charge in [0.15, 0.2) is 6.73 Å². The number of rotatable bonds is 15. The molecule has 4 rings (SSSR count). The molecule has 12 nitrogen and oxygen atoms in total. The van der Waals surface area contributed by atoms with Crippen molar-refractivity contribution in [3.8, 4) is 5.75 Å². The van der Waals surface area contributed by atoms with E-state index in [2.05, 4.69) is 10.3 Å². The van der Waals surface area contributed by atoms with Crippen LogP contribution in [-0.2, 0) is 39.4 Å². The summed E-state index contributed by atoms with van der Waals surface area (Å²) < 4.78 is 62.8. The van der Waals surface area contributed by atoms with Crippen molar-refractivity contribution in [2.75, 3.05) is 11.6 Å². The number of alkyl halides is 3. The highest BCUT2D eigenvalue weighted by Crippen LogP contribution is 2.47. The first-order valence-electron chi connectivity index (χ1n) is 17.5. The third-order valence-corrected chi connectivity index (χ3v) is 9.39. The van der Waals surface area contributed by atoms with Crippen molar-refractivity contribution in [1.82, 2.24) is 5.32 Å². The molecule has 3 amide bonds. The zero-order valence-corrected chi connectivity index (χ0v) is 32.4. The molecule has 0 fully saturated rings.